The van der Waals surface area contributed by atoms with Gasteiger partial charge in [-0.15, -0.1) is 0 Å². The molecular weight excluding hydrogens is 286 g/mol. The predicted octanol–water partition coefficient (Wildman–Crippen LogP) is 3.34. The lowest BCUT2D eigenvalue weighted by molar-refractivity contribution is -0.143. The molecular formula is C17H18ClNO2. The number of halogens is 1. The Balaban J connectivity index is 2.42. The molecule has 2 N–H and O–H groups in total. The quantitative estimate of drug-likeness (QED) is 0.862. The Morgan fingerprint density at radius 2 is 1.71 bits per heavy atom. The van der Waals surface area contributed by atoms with Gasteiger partial charge in [0.1, 0.15) is 0 Å². The zero-order valence-corrected chi connectivity index (χ0v) is 12.6. The summed E-state index contributed by atoms with van der Waals surface area (Å²) >= 11 is 5.92. The van der Waals surface area contributed by atoms with Crippen molar-refractivity contribution in [3.8, 4) is 0 Å². The number of hydrogen-bond donors (Lipinski definition) is 1. The van der Waals surface area contributed by atoms with Gasteiger partial charge in [0.2, 0.25) is 0 Å². The topological polar surface area (TPSA) is 52.3 Å². The summed E-state index contributed by atoms with van der Waals surface area (Å²) in [4.78, 5) is 12.2. The van der Waals surface area contributed by atoms with Crippen LogP contribution in [0.1, 0.15) is 23.0 Å². The van der Waals surface area contributed by atoms with Crippen molar-refractivity contribution < 1.29 is 9.53 Å². The second-order valence-corrected chi connectivity index (χ2v) is 5.24. The molecule has 2 rings (SSSR count). The summed E-state index contributed by atoms with van der Waals surface area (Å²) in [6.45, 7) is 0.344. The highest BCUT2D eigenvalue weighted by Gasteiger charge is 2.31. The van der Waals surface area contributed by atoms with Crippen LogP contribution >= 0.6 is 11.6 Å². The Hall–Kier alpha value is -1.84. The fourth-order valence-corrected chi connectivity index (χ4v) is 2.62. The fourth-order valence-electron chi connectivity index (χ4n) is 2.49. The third-order valence-electron chi connectivity index (χ3n) is 3.57. The van der Waals surface area contributed by atoms with Gasteiger partial charge in [-0.2, -0.15) is 0 Å². The minimum absolute atomic E-state index is 0.155. The van der Waals surface area contributed by atoms with Crippen LogP contribution in [-0.4, -0.2) is 19.6 Å². The Morgan fingerprint density at radius 3 is 2.24 bits per heavy atom. The standard InChI is InChI=1S/C17H18ClNO2/c1-21-17(20)16(13-5-3-2-4-6-13)15(11-19)12-7-9-14(18)10-8-12/h2-10,15-16H,11,19H2,1H3. The zero-order valence-electron chi connectivity index (χ0n) is 11.8. The predicted molar refractivity (Wildman–Crippen MR) is 84.4 cm³/mol. The van der Waals surface area contributed by atoms with E-state index in [-0.39, 0.29) is 11.9 Å². The highest BCUT2D eigenvalue weighted by atomic mass is 35.5. The minimum atomic E-state index is -0.428. The summed E-state index contributed by atoms with van der Waals surface area (Å²) in [6.07, 6.45) is 0. The Morgan fingerprint density at radius 1 is 1.10 bits per heavy atom. The molecule has 0 fully saturated rings. The molecule has 0 saturated carbocycles. The van der Waals surface area contributed by atoms with Gasteiger partial charge >= 0.3 is 5.97 Å². The number of rotatable bonds is 5. The molecule has 0 radical (unpaired) electrons. The molecule has 2 atom stereocenters. The second kappa shape index (κ2) is 7.25. The SMILES string of the molecule is COC(=O)C(c1ccccc1)C(CN)c1ccc(Cl)cc1. The number of hydrogen-bond acceptors (Lipinski definition) is 3. The van der Waals surface area contributed by atoms with Crippen molar-refractivity contribution in [1.82, 2.24) is 0 Å². The first kappa shape index (κ1) is 15.5. The first-order valence-corrected chi connectivity index (χ1v) is 7.13. The lowest BCUT2D eigenvalue weighted by Gasteiger charge is -2.25. The normalized spacial score (nSPS) is 13.5. The lowest BCUT2D eigenvalue weighted by Crippen LogP contribution is -2.27. The number of carbonyl (C=O) groups is 1. The highest BCUT2D eigenvalue weighted by Crippen LogP contribution is 2.33. The van der Waals surface area contributed by atoms with Crippen LogP contribution in [0.25, 0.3) is 0 Å². The molecule has 4 heteroatoms. The van der Waals surface area contributed by atoms with Crippen LogP contribution in [0, 0.1) is 0 Å². The highest BCUT2D eigenvalue weighted by molar-refractivity contribution is 6.30. The van der Waals surface area contributed by atoms with E-state index < -0.39 is 5.92 Å². The summed E-state index contributed by atoms with van der Waals surface area (Å²) in [7, 11) is 1.40. The van der Waals surface area contributed by atoms with Crippen molar-refractivity contribution in [2.24, 2.45) is 5.73 Å². The van der Waals surface area contributed by atoms with Gasteiger partial charge in [0.15, 0.2) is 0 Å². The smallest absolute Gasteiger partial charge is 0.313 e. The molecule has 0 aliphatic carbocycles. The van der Waals surface area contributed by atoms with Gasteiger partial charge in [0.25, 0.3) is 0 Å². The molecule has 0 bridgehead atoms. The van der Waals surface area contributed by atoms with Crippen LogP contribution < -0.4 is 5.73 Å². The summed E-state index contributed by atoms with van der Waals surface area (Å²) in [5.74, 6) is -0.869. The van der Waals surface area contributed by atoms with E-state index in [1.54, 1.807) is 12.1 Å². The Kier molecular flexibility index (Phi) is 5.37. The number of carbonyl (C=O) groups excluding carboxylic acids is 1. The van der Waals surface area contributed by atoms with E-state index in [4.69, 9.17) is 22.1 Å². The van der Waals surface area contributed by atoms with Gasteiger partial charge < -0.3 is 10.5 Å². The molecule has 0 aliphatic rings. The number of nitrogens with two attached hydrogens (primary N) is 1. The average Bonchev–Trinajstić information content (AvgIpc) is 2.53. The van der Waals surface area contributed by atoms with Crippen molar-refractivity contribution in [3.05, 3.63) is 70.7 Å². The third kappa shape index (κ3) is 3.63. The second-order valence-electron chi connectivity index (χ2n) is 4.81. The Bertz CT molecular complexity index is 583. The molecule has 2 unspecified atom stereocenters. The first-order valence-electron chi connectivity index (χ1n) is 6.75. The molecule has 0 amide bonds. The summed E-state index contributed by atoms with van der Waals surface area (Å²) < 4.78 is 4.97. The monoisotopic (exact) mass is 303 g/mol. The van der Waals surface area contributed by atoms with Gasteiger partial charge in [-0.25, -0.2) is 0 Å². The van der Waals surface area contributed by atoms with Gasteiger partial charge in [0, 0.05) is 17.5 Å². The van der Waals surface area contributed by atoms with Crippen LogP contribution in [-0.2, 0) is 9.53 Å². The van der Waals surface area contributed by atoms with Crippen LogP contribution in [0.4, 0.5) is 0 Å². The maximum atomic E-state index is 12.2. The van der Waals surface area contributed by atoms with E-state index in [1.807, 2.05) is 42.5 Å². The molecule has 2 aromatic rings. The molecule has 0 heterocycles. The average molecular weight is 304 g/mol. The number of esters is 1. The van der Waals surface area contributed by atoms with E-state index in [0.717, 1.165) is 11.1 Å². The minimum Gasteiger partial charge on any atom is -0.469 e. The van der Waals surface area contributed by atoms with E-state index >= 15 is 0 Å². The van der Waals surface area contributed by atoms with Crippen LogP contribution in [0.2, 0.25) is 5.02 Å². The van der Waals surface area contributed by atoms with Gasteiger partial charge in [-0.3, -0.25) is 4.79 Å². The van der Waals surface area contributed by atoms with Gasteiger partial charge in [-0.05, 0) is 23.3 Å². The summed E-state index contributed by atoms with van der Waals surface area (Å²) in [6, 6.07) is 17.0. The lowest BCUT2D eigenvalue weighted by atomic mass is 9.81. The molecule has 0 spiro atoms. The molecule has 110 valence electrons. The van der Waals surface area contributed by atoms with Crippen molar-refractivity contribution in [2.45, 2.75) is 11.8 Å². The molecule has 2 aromatic carbocycles. The van der Waals surface area contributed by atoms with E-state index in [1.165, 1.54) is 7.11 Å². The summed E-state index contributed by atoms with van der Waals surface area (Å²) in [5, 5.41) is 0.656. The fraction of sp³-hybridized carbons (Fsp3) is 0.235. The summed E-state index contributed by atoms with van der Waals surface area (Å²) in [5.41, 5.74) is 7.80. The maximum absolute atomic E-state index is 12.2. The Labute approximate surface area is 129 Å². The maximum Gasteiger partial charge on any atom is 0.313 e. The largest absolute Gasteiger partial charge is 0.469 e. The number of benzene rings is 2. The molecule has 0 aliphatic heterocycles. The van der Waals surface area contributed by atoms with Crippen molar-refractivity contribution in [2.75, 3.05) is 13.7 Å². The van der Waals surface area contributed by atoms with Crippen LogP contribution in [0.3, 0.4) is 0 Å². The van der Waals surface area contributed by atoms with Crippen molar-refractivity contribution in [1.29, 1.82) is 0 Å². The first-order chi connectivity index (χ1) is 10.2. The number of methoxy groups -OCH3 is 1. The van der Waals surface area contributed by atoms with Crippen LogP contribution in [0.5, 0.6) is 0 Å². The van der Waals surface area contributed by atoms with E-state index in [0.29, 0.717) is 11.6 Å². The third-order valence-corrected chi connectivity index (χ3v) is 3.82. The molecule has 0 aromatic heterocycles. The van der Waals surface area contributed by atoms with Gasteiger partial charge in [-0.1, -0.05) is 54.1 Å². The van der Waals surface area contributed by atoms with E-state index in [2.05, 4.69) is 0 Å². The molecule has 21 heavy (non-hydrogen) atoms. The molecule has 3 nitrogen and oxygen atoms in total. The zero-order chi connectivity index (χ0) is 15.2. The van der Waals surface area contributed by atoms with Crippen molar-refractivity contribution in [3.63, 3.8) is 0 Å². The van der Waals surface area contributed by atoms with E-state index in [9.17, 15) is 4.79 Å². The number of ether oxygens (including phenoxy) is 1. The van der Waals surface area contributed by atoms with Gasteiger partial charge in [0.05, 0.1) is 13.0 Å². The molecule has 0 saturated heterocycles. The van der Waals surface area contributed by atoms with Crippen molar-refractivity contribution >= 4 is 17.6 Å². The van der Waals surface area contributed by atoms with Crippen LogP contribution in [0.15, 0.2) is 54.6 Å².